The molecule has 0 fully saturated rings. The van der Waals surface area contributed by atoms with Crippen LogP contribution in [0, 0.1) is 11.3 Å². The van der Waals surface area contributed by atoms with Crippen molar-refractivity contribution in [1.29, 1.82) is 5.26 Å². The molecule has 0 spiro atoms. The number of hydrogen-bond donors (Lipinski definition) is 0. The van der Waals surface area contributed by atoms with Gasteiger partial charge in [0, 0.05) is 13.2 Å². The molecule has 5 heteroatoms. The van der Waals surface area contributed by atoms with E-state index >= 15 is 0 Å². The van der Waals surface area contributed by atoms with E-state index in [4.69, 9.17) is 14.7 Å². The van der Waals surface area contributed by atoms with Crippen molar-refractivity contribution in [2.24, 2.45) is 0 Å². The molecule has 1 aromatic carbocycles. The fourth-order valence-electron chi connectivity index (χ4n) is 2.33. The molecule has 0 bridgehead atoms. The molecule has 0 amide bonds. The maximum Gasteiger partial charge on any atom is 0.161 e. The van der Waals surface area contributed by atoms with Crippen molar-refractivity contribution in [3.8, 4) is 17.6 Å². The van der Waals surface area contributed by atoms with Crippen molar-refractivity contribution in [2.75, 3.05) is 25.1 Å². The lowest BCUT2D eigenvalue weighted by atomic mass is 10.2. The summed E-state index contributed by atoms with van der Waals surface area (Å²) in [5.41, 5.74) is 0.553. The lowest BCUT2D eigenvalue weighted by Gasteiger charge is -2.30. The Morgan fingerprint density at radius 3 is 2.90 bits per heavy atom. The van der Waals surface area contributed by atoms with Gasteiger partial charge in [0.1, 0.15) is 18.5 Å². The highest BCUT2D eigenvalue weighted by molar-refractivity contribution is 5.53. The van der Waals surface area contributed by atoms with Crippen LogP contribution in [0.15, 0.2) is 42.6 Å². The summed E-state index contributed by atoms with van der Waals surface area (Å²) in [6.45, 7) is 1.08. The molecule has 1 unspecified atom stereocenters. The summed E-state index contributed by atoms with van der Waals surface area (Å²) in [6, 6.07) is 13.3. The summed E-state index contributed by atoms with van der Waals surface area (Å²) in [7, 11) is 1.90. The van der Waals surface area contributed by atoms with E-state index in [0.717, 1.165) is 11.5 Å². The third-order valence-electron chi connectivity index (χ3n) is 3.31. The monoisotopic (exact) mass is 281 g/mol. The van der Waals surface area contributed by atoms with Crippen LogP contribution in [0.1, 0.15) is 5.56 Å². The van der Waals surface area contributed by atoms with Crippen molar-refractivity contribution in [3.63, 3.8) is 0 Å². The molecule has 1 atom stereocenters. The first-order valence-corrected chi connectivity index (χ1v) is 6.72. The Hall–Kier alpha value is -2.74. The van der Waals surface area contributed by atoms with Gasteiger partial charge in [-0.1, -0.05) is 12.1 Å². The summed E-state index contributed by atoms with van der Waals surface area (Å²) >= 11 is 0. The number of anilines is 1. The Balaban J connectivity index is 1.72. The van der Waals surface area contributed by atoms with E-state index in [9.17, 15) is 0 Å². The molecular formula is C16H15N3O2. The first-order valence-electron chi connectivity index (χ1n) is 6.72. The van der Waals surface area contributed by atoms with Gasteiger partial charge in [-0.05, 0) is 24.3 Å². The van der Waals surface area contributed by atoms with Gasteiger partial charge in [-0.3, -0.25) is 0 Å². The van der Waals surface area contributed by atoms with E-state index in [1.807, 2.05) is 36.2 Å². The van der Waals surface area contributed by atoms with Crippen LogP contribution in [0.4, 0.5) is 5.82 Å². The van der Waals surface area contributed by atoms with Crippen LogP contribution in [0.3, 0.4) is 0 Å². The summed E-state index contributed by atoms with van der Waals surface area (Å²) < 4.78 is 11.6. The first kappa shape index (κ1) is 13.3. The second-order valence-electron chi connectivity index (χ2n) is 4.86. The minimum absolute atomic E-state index is 0.0987. The smallest absolute Gasteiger partial charge is 0.161 e. The standard InChI is InChI=1S/C16H15N3O2/c1-19(16-12(9-17)5-4-8-18-16)10-13-11-20-14-6-2-3-7-15(14)21-13/h2-8,13H,10-11H2,1H3. The van der Waals surface area contributed by atoms with Crippen LogP contribution in [0.2, 0.25) is 0 Å². The third-order valence-corrected chi connectivity index (χ3v) is 3.31. The Kier molecular flexibility index (Phi) is 3.61. The van der Waals surface area contributed by atoms with E-state index in [1.54, 1.807) is 18.3 Å². The van der Waals surface area contributed by atoms with Gasteiger partial charge < -0.3 is 14.4 Å². The van der Waals surface area contributed by atoms with Crippen LogP contribution >= 0.6 is 0 Å². The number of rotatable bonds is 3. The molecule has 1 aliphatic heterocycles. The minimum Gasteiger partial charge on any atom is -0.486 e. The highest BCUT2D eigenvalue weighted by Crippen LogP contribution is 2.31. The summed E-state index contributed by atoms with van der Waals surface area (Å²) in [5.74, 6) is 2.18. The van der Waals surface area contributed by atoms with Crippen LogP contribution in [0.5, 0.6) is 11.5 Å². The predicted octanol–water partition coefficient (Wildman–Crippen LogP) is 2.23. The van der Waals surface area contributed by atoms with Gasteiger partial charge in [-0.15, -0.1) is 0 Å². The maximum absolute atomic E-state index is 9.13. The number of fused-ring (bicyclic) bond motifs is 1. The maximum atomic E-state index is 9.13. The number of hydrogen-bond acceptors (Lipinski definition) is 5. The summed E-state index contributed by atoms with van der Waals surface area (Å²) in [6.07, 6.45) is 1.58. The van der Waals surface area contributed by atoms with Crippen molar-refractivity contribution in [2.45, 2.75) is 6.10 Å². The fourth-order valence-corrected chi connectivity index (χ4v) is 2.33. The van der Waals surface area contributed by atoms with E-state index < -0.39 is 0 Å². The number of aromatic nitrogens is 1. The van der Waals surface area contributed by atoms with Crippen LogP contribution in [-0.4, -0.2) is 31.3 Å². The number of benzene rings is 1. The van der Waals surface area contributed by atoms with Gasteiger partial charge >= 0.3 is 0 Å². The Bertz CT molecular complexity index is 681. The highest BCUT2D eigenvalue weighted by Gasteiger charge is 2.23. The molecule has 5 nitrogen and oxygen atoms in total. The number of likely N-dealkylation sites (N-methyl/N-ethyl adjacent to an activating group) is 1. The molecule has 1 aliphatic rings. The van der Waals surface area contributed by atoms with Crippen molar-refractivity contribution < 1.29 is 9.47 Å². The van der Waals surface area contributed by atoms with E-state index in [0.29, 0.717) is 24.5 Å². The van der Waals surface area contributed by atoms with Gasteiger partial charge in [-0.2, -0.15) is 5.26 Å². The molecule has 0 N–H and O–H groups in total. The largest absolute Gasteiger partial charge is 0.486 e. The number of nitriles is 1. The number of ether oxygens (including phenoxy) is 2. The second kappa shape index (κ2) is 5.71. The van der Waals surface area contributed by atoms with Gasteiger partial charge in [-0.25, -0.2) is 4.98 Å². The van der Waals surface area contributed by atoms with Gasteiger partial charge in [0.25, 0.3) is 0 Å². The lowest BCUT2D eigenvalue weighted by Crippen LogP contribution is -2.40. The molecule has 0 saturated heterocycles. The lowest BCUT2D eigenvalue weighted by molar-refractivity contribution is 0.0959. The number of nitrogens with zero attached hydrogens (tertiary/aromatic N) is 3. The topological polar surface area (TPSA) is 58.4 Å². The van der Waals surface area contributed by atoms with Crippen LogP contribution in [-0.2, 0) is 0 Å². The second-order valence-corrected chi connectivity index (χ2v) is 4.86. The van der Waals surface area contributed by atoms with Crippen molar-refractivity contribution in [1.82, 2.24) is 4.98 Å². The molecule has 106 valence electrons. The molecule has 0 radical (unpaired) electrons. The van der Waals surface area contributed by atoms with E-state index in [2.05, 4.69) is 11.1 Å². The Morgan fingerprint density at radius 2 is 2.10 bits per heavy atom. The Labute approximate surface area is 123 Å². The molecule has 0 saturated carbocycles. The van der Waals surface area contributed by atoms with Crippen LogP contribution in [0.25, 0.3) is 0 Å². The zero-order chi connectivity index (χ0) is 14.7. The zero-order valence-electron chi connectivity index (χ0n) is 11.7. The van der Waals surface area contributed by atoms with Gasteiger partial charge in [0.15, 0.2) is 17.6 Å². The number of para-hydroxylation sites is 2. The Morgan fingerprint density at radius 1 is 1.29 bits per heavy atom. The summed E-state index contributed by atoms with van der Waals surface area (Å²) in [4.78, 5) is 6.18. The van der Waals surface area contributed by atoms with Crippen molar-refractivity contribution >= 4 is 5.82 Å². The van der Waals surface area contributed by atoms with E-state index in [1.165, 1.54) is 0 Å². The SMILES string of the molecule is CN(CC1COc2ccccc2O1)c1ncccc1C#N. The first-order chi connectivity index (χ1) is 10.3. The fraction of sp³-hybridized carbons (Fsp3) is 0.250. The van der Waals surface area contributed by atoms with Gasteiger partial charge in [0.05, 0.1) is 12.1 Å². The molecule has 0 aliphatic carbocycles. The normalized spacial score (nSPS) is 16.1. The molecule has 21 heavy (non-hydrogen) atoms. The molecule has 2 heterocycles. The number of pyridine rings is 1. The van der Waals surface area contributed by atoms with Crippen LogP contribution < -0.4 is 14.4 Å². The predicted molar refractivity (Wildman–Crippen MR) is 78.6 cm³/mol. The molecule has 3 rings (SSSR count). The highest BCUT2D eigenvalue weighted by atomic mass is 16.6. The third kappa shape index (κ3) is 2.75. The zero-order valence-corrected chi connectivity index (χ0v) is 11.7. The molecular weight excluding hydrogens is 266 g/mol. The average molecular weight is 281 g/mol. The quantitative estimate of drug-likeness (QED) is 0.863. The molecule has 2 aromatic rings. The van der Waals surface area contributed by atoms with Crippen molar-refractivity contribution in [3.05, 3.63) is 48.2 Å². The van der Waals surface area contributed by atoms with E-state index in [-0.39, 0.29) is 6.10 Å². The minimum atomic E-state index is -0.0987. The van der Waals surface area contributed by atoms with Gasteiger partial charge in [0.2, 0.25) is 0 Å². The molecule has 1 aromatic heterocycles. The average Bonchev–Trinajstić information content (AvgIpc) is 2.54. The summed E-state index contributed by atoms with van der Waals surface area (Å²) in [5, 5.41) is 9.13.